The van der Waals surface area contributed by atoms with Crippen LogP contribution in [0.25, 0.3) is 0 Å². The number of ketones is 1. The third kappa shape index (κ3) is 3.64. The lowest BCUT2D eigenvalue weighted by Crippen LogP contribution is -2.38. The van der Waals surface area contributed by atoms with E-state index in [1.807, 2.05) is 31.2 Å². The number of hydrogen-bond donors (Lipinski definition) is 1. The normalized spacial score (nSPS) is 21.5. The molecule has 5 nitrogen and oxygen atoms in total. The number of dihydropyridines is 1. The van der Waals surface area contributed by atoms with E-state index in [1.54, 1.807) is 14.0 Å². The van der Waals surface area contributed by atoms with Gasteiger partial charge in [0.1, 0.15) is 5.75 Å². The largest absolute Gasteiger partial charge is 0.497 e. The lowest BCUT2D eigenvalue weighted by Gasteiger charge is -2.39. The van der Waals surface area contributed by atoms with Crippen molar-refractivity contribution in [2.75, 3.05) is 13.7 Å². The summed E-state index contributed by atoms with van der Waals surface area (Å²) >= 11 is 0. The quantitative estimate of drug-likeness (QED) is 0.817. The SMILES string of the molecule is CCOC(=O)C1=C(C)NC2=C(C(=O)CC(C)(C)C2)[C@@H]1c1cccc(OC)c1. The van der Waals surface area contributed by atoms with Crippen LogP contribution in [0.5, 0.6) is 5.75 Å². The molecule has 0 aromatic heterocycles. The summed E-state index contributed by atoms with van der Waals surface area (Å²) in [6, 6.07) is 7.56. The van der Waals surface area contributed by atoms with Gasteiger partial charge < -0.3 is 14.8 Å². The van der Waals surface area contributed by atoms with Crippen molar-refractivity contribution in [3.05, 3.63) is 52.4 Å². The van der Waals surface area contributed by atoms with Gasteiger partial charge in [-0.1, -0.05) is 26.0 Å². The summed E-state index contributed by atoms with van der Waals surface area (Å²) in [6.07, 6.45) is 1.23. The number of allylic oxidation sites excluding steroid dienone is 3. The molecule has 0 bridgehead atoms. The zero-order valence-corrected chi connectivity index (χ0v) is 16.6. The molecule has 0 spiro atoms. The predicted molar refractivity (Wildman–Crippen MR) is 103 cm³/mol. The molecule has 1 heterocycles. The maximum atomic E-state index is 13.1. The molecule has 0 saturated heterocycles. The van der Waals surface area contributed by atoms with Crippen LogP contribution < -0.4 is 10.1 Å². The van der Waals surface area contributed by atoms with E-state index in [0.29, 0.717) is 23.3 Å². The van der Waals surface area contributed by atoms with E-state index in [0.717, 1.165) is 23.4 Å². The summed E-state index contributed by atoms with van der Waals surface area (Å²) in [6.45, 7) is 8.12. The highest BCUT2D eigenvalue weighted by Crippen LogP contribution is 2.47. The average molecular weight is 369 g/mol. The number of benzene rings is 1. The summed E-state index contributed by atoms with van der Waals surface area (Å²) < 4.78 is 10.7. The number of rotatable bonds is 4. The van der Waals surface area contributed by atoms with Crippen LogP contribution in [0.1, 0.15) is 52.0 Å². The van der Waals surface area contributed by atoms with E-state index in [2.05, 4.69) is 19.2 Å². The topological polar surface area (TPSA) is 64.6 Å². The molecule has 1 aromatic rings. The molecule has 3 rings (SSSR count). The fourth-order valence-electron chi connectivity index (χ4n) is 4.07. The number of nitrogens with one attached hydrogen (secondary N) is 1. The van der Waals surface area contributed by atoms with Crippen LogP contribution in [0, 0.1) is 5.41 Å². The lowest BCUT2D eigenvalue weighted by molar-refractivity contribution is -0.138. The van der Waals surface area contributed by atoms with Gasteiger partial charge in [-0.25, -0.2) is 4.79 Å². The Morgan fingerprint density at radius 3 is 2.70 bits per heavy atom. The van der Waals surface area contributed by atoms with Crippen molar-refractivity contribution >= 4 is 11.8 Å². The van der Waals surface area contributed by atoms with Crippen LogP contribution in [0.2, 0.25) is 0 Å². The number of hydrogen-bond acceptors (Lipinski definition) is 5. The second-order valence-corrected chi connectivity index (χ2v) is 7.93. The summed E-state index contributed by atoms with van der Waals surface area (Å²) in [4.78, 5) is 25.9. The first kappa shape index (κ1) is 19.2. The molecule has 1 aliphatic heterocycles. The van der Waals surface area contributed by atoms with Crippen LogP contribution in [-0.2, 0) is 14.3 Å². The second-order valence-electron chi connectivity index (χ2n) is 7.93. The molecule has 144 valence electrons. The maximum absolute atomic E-state index is 13.1. The van der Waals surface area contributed by atoms with Crippen molar-refractivity contribution in [1.82, 2.24) is 5.32 Å². The summed E-state index contributed by atoms with van der Waals surface area (Å²) in [7, 11) is 1.61. The molecule has 0 unspecified atom stereocenters. The summed E-state index contributed by atoms with van der Waals surface area (Å²) in [5.74, 6) is -0.0630. The first-order valence-corrected chi connectivity index (χ1v) is 9.32. The zero-order chi connectivity index (χ0) is 19.8. The van der Waals surface area contributed by atoms with Gasteiger partial charge in [0, 0.05) is 29.3 Å². The van der Waals surface area contributed by atoms with Gasteiger partial charge in [-0.15, -0.1) is 0 Å². The van der Waals surface area contributed by atoms with Gasteiger partial charge >= 0.3 is 5.97 Å². The second kappa shape index (κ2) is 7.22. The van der Waals surface area contributed by atoms with Crippen LogP contribution in [-0.4, -0.2) is 25.5 Å². The Hall–Kier alpha value is -2.56. The molecule has 2 aliphatic rings. The Labute approximate surface area is 160 Å². The number of Topliss-reactive ketones (excluding diaryl/α,β-unsaturated/α-hetero) is 1. The van der Waals surface area contributed by atoms with E-state index < -0.39 is 5.92 Å². The van der Waals surface area contributed by atoms with Crippen molar-refractivity contribution < 1.29 is 19.1 Å². The highest BCUT2D eigenvalue weighted by Gasteiger charge is 2.43. The highest BCUT2D eigenvalue weighted by molar-refractivity contribution is 6.04. The smallest absolute Gasteiger partial charge is 0.336 e. The van der Waals surface area contributed by atoms with E-state index in [4.69, 9.17) is 9.47 Å². The molecular formula is C22H27NO4. The molecule has 0 saturated carbocycles. The zero-order valence-electron chi connectivity index (χ0n) is 16.6. The average Bonchev–Trinajstić information content (AvgIpc) is 2.59. The van der Waals surface area contributed by atoms with Crippen molar-refractivity contribution in [2.24, 2.45) is 5.41 Å². The Balaban J connectivity index is 2.18. The van der Waals surface area contributed by atoms with Gasteiger partial charge in [0.15, 0.2) is 5.78 Å². The first-order valence-electron chi connectivity index (χ1n) is 9.32. The summed E-state index contributed by atoms with van der Waals surface area (Å²) in [5, 5.41) is 3.33. The van der Waals surface area contributed by atoms with Gasteiger partial charge in [-0.3, -0.25) is 4.79 Å². The van der Waals surface area contributed by atoms with Crippen molar-refractivity contribution in [2.45, 2.75) is 46.5 Å². The molecule has 1 aromatic carbocycles. The molecule has 1 N–H and O–H groups in total. The van der Waals surface area contributed by atoms with Crippen LogP contribution in [0.3, 0.4) is 0 Å². The van der Waals surface area contributed by atoms with Gasteiger partial charge in [0.2, 0.25) is 0 Å². The molecule has 0 amide bonds. The van der Waals surface area contributed by atoms with Gasteiger partial charge in [-0.05, 0) is 43.4 Å². The third-order valence-electron chi connectivity index (χ3n) is 5.16. The number of methoxy groups -OCH3 is 1. The van der Waals surface area contributed by atoms with E-state index in [-0.39, 0.29) is 23.8 Å². The number of ether oxygens (including phenoxy) is 2. The minimum Gasteiger partial charge on any atom is -0.497 e. The molecule has 0 fully saturated rings. The number of carbonyl (C=O) groups is 2. The Bertz CT molecular complexity index is 848. The fraction of sp³-hybridized carbons (Fsp3) is 0.455. The van der Waals surface area contributed by atoms with Gasteiger partial charge in [-0.2, -0.15) is 0 Å². The number of esters is 1. The van der Waals surface area contributed by atoms with Crippen LogP contribution in [0.15, 0.2) is 46.8 Å². The third-order valence-corrected chi connectivity index (χ3v) is 5.16. The molecule has 0 radical (unpaired) electrons. The summed E-state index contributed by atoms with van der Waals surface area (Å²) in [5.41, 5.74) is 3.58. The van der Waals surface area contributed by atoms with E-state index >= 15 is 0 Å². The molecule has 5 heteroatoms. The highest BCUT2D eigenvalue weighted by atomic mass is 16.5. The molecule has 1 aliphatic carbocycles. The van der Waals surface area contributed by atoms with Crippen molar-refractivity contribution in [1.29, 1.82) is 0 Å². The predicted octanol–water partition coefficient (Wildman–Crippen LogP) is 3.86. The Morgan fingerprint density at radius 2 is 2.04 bits per heavy atom. The molecular weight excluding hydrogens is 342 g/mol. The minimum atomic E-state index is -0.445. The number of carbonyl (C=O) groups excluding carboxylic acids is 2. The lowest BCUT2D eigenvalue weighted by atomic mass is 9.68. The van der Waals surface area contributed by atoms with Crippen molar-refractivity contribution in [3.63, 3.8) is 0 Å². The first-order chi connectivity index (χ1) is 12.8. The van der Waals surface area contributed by atoms with Crippen molar-refractivity contribution in [3.8, 4) is 5.75 Å². The minimum absolute atomic E-state index is 0.0795. The maximum Gasteiger partial charge on any atom is 0.336 e. The van der Waals surface area contributed by atoms with Gasteiger partial charge in [0.25, 0.3) is 0 Å². The van der Waals surface area contributed by atoms with Gasteiger partial charge in [0.05, 0.1) is 19.3 Å². The fourth-order valence-corrected chi connectivity index (χ4v) is 4.07. The Morgan fingerprint density at radius 1 is 1.30 bits per heavy atom. The van der Waals surface area contributed by atoms with Crippen LogP contribution in [0.4, 0.5) is 0 Å². The Kier molecular flexibility index (Phi) is 5.13. The monoisotopic (exact) mass is 369 g/mol. The van der Waals surface area contributed by atoms with Crippen LogP contribution >= 0.6 is 0 Å². The van der Waals surface area contributed by atoms with E-state index in [1.165, 1.54) is 0 Å². The molecule has 27 heavy (non-hydrogen) atoms. The van der Waals surface area contributed by atoms with E-state index in [9.17, 15) is 9.59 Å². The standard InChI is InChI=1S/C22H27NO4/c1-6-27-21(25)18-13(2)23-16-11-22(3,4)12-17(24)20(16)19(18)14-8-7-9-15(10-14)26-5/h7-10,19,23H,6,11-12H2,1-5H3/t19-/m1/s1. The molecule has 1 atom stereocenters.